The van der Waals surface area contributed by atoms with Gasteiger partial charge in [0, 0.05) is 6.54 Å². The molecular formula is C10H21N3O. The fourth-order valence-electron chi connectivity index (χ4n) is 2.31. The maximum absolute atomic E-state index is 5.20. The van der Waals surface area contributed by atoms with Gasteiger partial charge in [0.25, 0.3) is 0 Å². The summed E-state index contributed by atoms with van der Waals surface area (Å²) in [7, 11) is 0. The molecule has 4 heterocycles. The van der Waals surface area contributed by atoms with E-state index in [0.717, 1.165) is 19.1 Å². The molecule has 0 saturated carbocycles. The van der Waals surface area contributed by atoms with E-state index >= 15 is 0 Å². The first-order valence-electron chi connectivity index (χ1n) is 5.67. The molecule has 4 saturated heterocycles. The maximum Gasteiger partial charge on any atom is 0.161 e. The molecule has 4 heteroatoms. The molecular weight excluding hydrogens is 178 g/mol. The van der Waals surface area contributed by atoms with Crippen LogP contribution in [0.15, 0.2) is 0 Å². The quantitative estimate of drug-likeness (QED) is 0.574. The third kappa shape index (κ3) is 2.92. The Bertz CT molecular complexity index is 140. The van der Waals surface area contributed by atoms with Crippen molar-refractivity contribution in [2.45, 2.75) is 25.6 Å². The second-order valence-electron chi connectivity index (χ2n) is 4.32. The van der Waals surface area contributed by atoms with Gasteiger partial charge in [-0.1, -0.05) is 0 Å². The highest BCUT2D eigenvalue weighted by Gasteiger charge is 2.24. The van der Waals surface area contributed by atoms with Crippen molar-refractivity contribution >= 4 is 0 Å². The SMILES string of the molecule is C1CN2CCC1CC2.NC1NCCO1. The number of hydrogen-bond acceptors (Lipinski definition) is 4. The van der Waals surface area contributed by atoms with Gasteiger partial charge < -0.3 is 9.64 Å². The molecule has 0 amide bonds. The number of rotatable bonds is 0. The Morgan fingerprint density at radius 1 is 1.14 bits per heavy atom. The minimum Gasteiger partial charge on any atom is -0.349 e. The number of nitrogens with two attached hydrogens (primary N) is 1. The molecule has 82 valence electrons. The van der Waals surface area contributed by atoms with Crippen LogP contribution in [0, 0.1) is 5.92 Å². The van der Waals surface area contributed by atoms with Crippen molar-refractivity contribution in [2.24, 2.45) is 11.7 Å². The van der Waals surface area contributed by atoms with Crippen LogP contribution in [0.4, 0.5) is 0 Å². The summed E-state index contributed by atoms with van der Waals surface area (Å²) in [5.74, 6) is 1.11. The number of nitrogens with zero attached hydrogens (tertiary/aromatic N) is 1. The molecule has 0 aromatic carbocycles. The molecule has 4 rings (SSSR count). The first-order valence-corrected chi connectivity index (χ1v) is 5.67. The predicted molar refractivity (Wildman–Crippen MR) is 55.7 cm³/mol. The summed E-state index contributed by atoms with van der Waals surface area (Å²) in [5.41, 5.74) is 5.20. The van der Waals surface area contributed by atoms with Crippen molar-refractivity contribution in [3.05, 3.63) is 0 Å². The smallest absolute Gasteiger partial charge is 0.161 e. The molecule has 0 radical (unpaired) electrons. The van der Waals surface area contributed by atoms with Crippen LogP contribution >= 0.6 is 0 Å². The van der Waals surface area contributed by atoms with Gasteiger partial charge in [-0.2, -0.15) is 0 Å². The lowest BCUT2D eigenvalue weighted by molar-refractivity contribution is 0.107. The number of fused-ring (bicyclic) bond motifs is 3. The molecule has 2 bridgehead atoms. The molecule has 0 aromatic rings. The Hall–Kier alpha value is -0.160. The first-order chi connectivity index (χ1) is 6.84. The van der Waals surface area contributed by atoms with Crippen LogP contribution in [0.25, 0.3) is 0 Å². The number of nitrogens with one attached hydrogen (secondary N) is 1. The van der Waals surface area contributed by atoms with E-state index in [1.54, 1.807) is 0 Å². The van der Waals surface area contributed by atoms with Gasteiger partial charge in [0.05, 0.1) is 6.61 Å². The topological polar surface area (TPSA) is 50.5 Å². The second kappa shape index (κ2) is 5.07. The van der Waals surface area contributed by atoms with Crippen molar-refractivity contribution in [1.29, 1.82) is 0 Å². The van der Waals surface area contributed by atoms with Gasteiger partial charge >= 0.3 is 0 Å². The molecule has 4 aliphatic rings. The zero-order valence-electron chi connectivity index (χ0n) is 8.74. The van der Waals surface area contributed by atoms with Crippen LogP contribution in [0.2, 0.25) is 0 Å². The van der Waals surface area contributed by atoms with E-state index in [9.17, 15) is 0 Å². The third-order valence-electron chi connectivity index (χ3n) is 3.31. The van der Waals surface area contributed by atoms with E-state index in [4.69, 9.17) is 10.5 Å². The van der Waals surface area contributed by atoms with Crippen LogP contribution in [-0.2, 0) is 4.74 Å². The fraction of sp³-hybridized carbons (Fsp3) is 1.00. The molecule has 0 aliphatic carbocycles. The average molecular weight is 199 g/mol. The number of ether oxygens (including phenoxy) is 1. The summed E-state index contributed by atoms with van der Waals surface area (Å²) in [6.45, 7) is 5.82. The summed E-state index contributed by atoms with van der Waals surface area (Å²) in [4.78, 5) is 2.58. The van der Waals surface area contributed by atoms with Crippen molar-refractivity contribution in [3.63, 3.8) is 0 Å². The zero-order chi connectivity index (χ0) is 9.80. The van der Waals surface area contributed by atoms with E-state index < -0.39 is 0 Å². The molecule has 4 fully saturated rings. The predicted octanol–water partition coefficient (Wildman–Crippen LogP) is -0.0494. The third-order valence-corrected chi connectivity index (χ3v) is 3.31. The van der Waals surface area contributed by atoms with Crippen LogP contribution in [0.1, 0.15) is 19.3 Å². The van der Waals surface area contributed by atoms with Gasteiger partial charge in [-0.15, -0.1) is 0 Å². The Balaban J connectivity index is 0.000000112. The molecule has 0 spiro atoms. The first kappa shape index (κ1) is 10.4. The standard InChI is InChI=1S/C7H13N.C3H8N2O/c1-4-8-5-2-7(1)3-6-8;4-3-5-1-2-6-3/h7H,1-6H2;3,5H,1-2,4H2. The maximum atomic E-state index is 5.20. The van der Waals surface area contributed by atoms with Crippen LogP contribution < -0.4 is 11.1 Å². The average Bonchev–Trinajstić information content (AvgIpc) is 2.73. The van der Waals surface area contributed by atoms with Crippen molar-refractivity contribution in [2.75, 3.05) is 32.8 Å². The zero-order valence-corrected chi connectivity index (χ0v) is 8.74. The highest BCUT2D eigenvalue weighted by Crippen LogP contribution is 2.26. The van der Waals surface area contributed by atoms with Crippen molar-refractivity contribution < 1.29 is 4.74 Å². The molecule has 1 atom stereocenters. The van der Waals surface area contributed by atoms with E-state index in [-0.39, 0.29) is 6.35 Å². The van der Waals surface area contributed by atoms with Gasteiger partial charge in [-0.25, -0.2) is 0 Å². The highest BCUT2D eigenvalue weighted by atomic mass is 16.5. The summed E-state index contributed by atoms with van der Waals surface area (Å²) in [5, 5.41) is 2.88. The lowest BCUT2D eigenvalue weighted by atomic mass is 9.89. The van der Waals surface area contributed by atoms with Gasteiger partial charge in [-0.3, -0.25) is 11.1 Å². The van der Waals surface area contributed by atoms with Gasteiger partial charge in [0.15, 0.2) is 6.35 Å². The molecule has 4 nitrogen and oxygen atoms in total. The molecule has 1 unspecified atom stereocenters. The molecule has 3 N–H and O–H groups in total. The number of hydrogen-bond donors (Lipinski definition) is 2. The molecule has 4 aliphatic heterocycles. The van der Waals surface area contributed by atoms with Gasteiger partial charge in [0.1, 0.15) is 0 Å². The van der Waals surface area contributed by atoms with E-state index in [2.05, 4.69) is 10.2 Å². The molecule has 14 heavy (non-hydrogen) atoms. The summed E-state index contributed by atoms with van der Waals surface area (Å²) in [6.07, 6.45) is 4.25. The Kier molecular flexibility index (Phi) is 3.75. The minimum atomic E-state index is -0.204. The van der Waals surface area contributed by atoms with Gasteiger partial charge in [-0.05, 0) is 44.8 Å². The largest absolute Gasteiger partial charge is 0.349 e. The number of piperidine rings is 3. The Morgan fingerprint density at radius 3 is 1.93 bits per heavy atom. The summed E-state index contributed by atoms with van der Waals surface area (Å²) < 4.78 is 4.82. The van der Waals surface area contributed by atoms with Crippen LogP contribution in [-0.4, -0.2) is 44.0 Å². The monoisotopic (exact) mass is 199 g/mol. The Labute approximate surface area is 85.8 Å². The van der Waals surface area contributed by atoms with Crippen molar-refractivity contribution in [3.8, 4) is 0 Å². The van der Waals surface area contributed by atoms with Crippen LogP contribution in [0.3, 0.4) is 0 Å². The van der Waals surface area contributed by atoms with Crippen LogP contribution in [0.5, 0.6) is 0 Å². The minimum absolute atomic E-state index is 0.204. The lowest BCUT2D eigenvalue weighted by Gasteiger charge is -2.38. The Morgan fingerprint density at radius 2 is 1.79 bits per heavy atom. The second-order valence-corrected chi connectivity index (χ2v) is 4.32. The van der Waals surface area contributed by atoms with Crippen molar-refractivity contribution in [1.82, 2.24) is 10.2 Å². The van der Waals surface area contributed by atoms with Gasteiger partial charge in [0.2, 0.25) is 0 Å². The summed E-state index contributed by atoms with van der Waals surface area (Å²) >= 11 is 0. The van der Waals surface area contributed by atoms with E-state index in [1.165, 1.54) is 38.9 Å². The fourth-order valence-corrected chi connectivity index (χ4v) is 2.31. The lowest BCUT2D eigenvalue weighted by Crippen LogP contribution is -2.41. The van der Waals surface area contributed by atoms with E-state index in [0.29, 0.717) is 0 Å². The normalized spacial score (nSPS) is 40.5. The molecule has 0 aromatic heterocycles. The highest BCUT2D eigenvalue weighted by molar-refractivity contribution is 4.78. The van der Waals surface area contributed by atoms with E-state index in [1.807, 2.05) is 0 Å². The summed E-state index contributed by atoms with van der Waals surface area (Å²) in [6, 6.07) is 0.